The molecule has 0 spiro atoms. The Morgan fingerprint density at radius 2 is 2.00 bits per heavy atom. The fourth-order valence-corrected chi connectivity index (χ4v) is 3.19. The Kier molecular flexibility index (Phi) is 5.42. The number of nitrogens with one attached hydrogen (secondary N) is 1. The van der Waals surface area contributed by atoms with Gasteiger partial charge in [0.25, 0.3) is 5.91 Å². The molecule has 26 heavy (non-hydrogen) atoms. The molecule has 0 radical (unpaired) electrons. The number of carbonyl (C=O) groups is 1. The third-order valence-corrected chi connectivity index (χ3v) is 4.78. The lowest BCUT2D eigenvalue weighted by atomic mass is 10.1. The first-order chi connectivity index (χ1) is 12.5. The third-order valence-electron chi connectivity index (χ3n) is 4.00. The van der Waals surface area contributed by atoms with Gasteiger partial charge >= 0.3 is 5.63 Å². The minimum atomic E-state index is -0.410. The van der Waals surface area contributed by atoms with E-state index >= 15 is 0 Å². The standard InChI is InChI=1S/C20H18BrNO4/c1-3-13-9-14(4-7-17(13)21)22-19(23)11-25-15-5-6-16-12(2)8-20(24)26-18(16)10-15/h4-10H,3,11H2,1-2H3,(H,22,23). The van der Waals surface area contributed by atoms with E-state index in [1.54, 1.807) is 12.1 Å². The van der Waals surface area contributed by atoms with Gasteiger partial charge in [0.15, 0.2) is 6.61 Å². The third kappa shape index (κ3) is 4.14. The number of rotatable bonds is 5. The average molecular weight is 416 g/mol. The van der Waals surface area contributed by atoms with Crippen LogP contribution in [0.15, 0.2) is 56.1 Å². The zero-order valence-corrected chi connectivity index (χ0v) is 16.1. The number of benzene rings is 2. The van der Waals surface area contributed by atoms with Crippen LogP contribution in [-0.2, 0) is 11.2 Å². The number of amides is 1. The van der Waals surface area contributed by atoms with Crippen molar-refractivity contribution in [3.05, 3.63) is 68.5 Å². The van der Waals surface area contributed by atoms with Crippen molar-refractivity contribution in [3.63, 3.8) is 0 Å². The van der Waals surface area contributed by atoms with E-state index < -0.39 is 5.63 Å². The SMILES string of the molecule is CCc1cc(NC(=O)COc2ccc3c(C)cc(=O)oc3c2)ccc1Br. The van der Waals surface area contributed by atoms with Gasteiger partial charge in [-0.15, -0.1) is 0 Å². The summed E-state index contributed by atoms with van der Waals surface area (Å²) in [7, 11) is 0. The van der Waals surface area contributed by atoms with Gasteiger partial charge in [-0.05, 0) is 54.8 Å². The van der Waals surface area contributed by atoms with Crippen LogP contribution in [0.25, 0.3) is 11.0 Å². The van der Waals surface area contributed by atoms with E-state index in [1.165, 1.54) is 6.07 Å². The molecular formula is C20H18BrNO4. The predicted molar refractivity (Wildman–Crippen MR) is 105 cm³/mol. The number of ether oxygens (including phenoxy) is 1. The summed E-state index contributed by atoms with van der Waals surface area (Å²) in [5.74, 6) is 0.201. The van der Waals surface area contributed by atoms with Crippen molar-refractivity contribution < 1.29 is 13.9 Å². The number of aryl methyl sites for hydroxylation is 2. The van der Waals surface area contributed by atoms with Crippen molar-refractivity contribution in [2.75, 3.05) is 11.9 Å². The predicted octanol–water partition coefficient (Wildman–Crippen LogP) is 4.44. The second-order valence-corrected chi connectivity index (χ2v) is 6.76. The molecule has 0 aliphatic heterocycles. The molecule has 134 valence electrons. The maximum absolute atomic E-state index is 12.1. The van der Waals surface area contributed by atoms with E-state index in [0.29, 0.717) is 11.3 Å². The van der Waals surface area contributed by atoms with E-state index in [2.05, 4.69) is 28.2 Å². The number of carbonyl (C=O) groups excluding carboxylic acids is 1. The first kappa shape index (κ1) is 18.2. The molecule has 3 rings (SSSR count). The molecule has 6 heteroatoms. The lowest BCUT2D eigenvalue weighted by Gasteiger charge is -2.10. The number of halogens is 1. The lowest BCUT2D eigenvalue weighted by molar-refractivity contribution is -0.118. The molecule has 1 heterocycles. The highest BCUT2D eigenvalue weighted by Crippen LogP contribution is 2.23. The number of anilines is 1. The summed E-state index contributed by atoms with van der Waals surface area (Å²) in [5, 5.41) is 3.65. The minimum absolute atomic E-state index is 0.140. The summed E-state index contributed by atoms with van der Waals surface area (Å²) >= 11 is 3.48. The summed E-state index contributed by atoms with van der Waals surface area (Å²) in [6.07, 6.45) is 0.864. The first-order valence-corrected chi connectivity index (χ1v) is 9.01. The number of hydrogen-bond acceptors (Lipinski definition) is 4. The molecular weight excluding hydrogens is 398 g/mol. The van der Waals surface area contributed by atoms with Crippen LogP contribution in [0, 0.1) is 6.92 Å². The van der Waals surface area contributed by atoms with Crippen LogP contribution in [0.2, 0.25) is 0 Å². The molecule has 0 atom stereocenters. The van der Waals surface area contributed by atoms with Crippen molar-refractivity contribution >= 4 is 38.5 Å². The van der Waals surface area contributed by atoms with Crippen LogP contribution in [0.4, 0.5) is 5.69 Å². The van der Waals surface area contributed by atoms with Gasteiger partial charge in [0.05, 0.1) is 0 Å². The molecule has 2 aromatic carbocycles. The normalized spacial score (nSPS) is 10.7. The highest BCUT2D eigenvalue weighted by atomic mass is 79.9. The molecule has 1 aromatic heterocycles. The quantitative estimate of drug-likeness (QED) is 0.625. The zero-order valence-electron chi connectivity index (χ0n) is 14.5. The Morgan fingerprint density at radius 1 is 1.19 bits per heavy atom. The summed E-state index contributed by atoms with van der Waals surface area (Å²) in [6.45, 7) is 3.75. The van der Waals surface area contributed by atoms with Gasteiger partial charge in [-0.1, -0.05) is 22.9 Å². The van der Waals surface area contributed by atoms with E-state index in [0.717, 1.165) is 33.1 Å². The molecule has 1 N–H and O–H groups in total. The average Bonchev–Trinajstić information content (AvgIpc) is 2.61. The molecule has 1 amide bonds. The van der Waals surface area contributed by atoms with Gasteiger partial charge in [0.1, 0.15) is 11.3 Å². The van der Waals surface area contributed by atoms with Crippen LogP contribution in [0.3, 0.4) is 0 Å². The minimum Gasteiger partial charge on any atom is -0.484 e. The highest BCUT2D eigenvalue weighted by Gasteiger charge is 2.08. The summed E-state index contributed by atoms with van der Waals surface area (Å²) in [6, 6.07) is 12.3. The topological polar surface area (TPSA) is 68.5 Å². The van der Waals surface area contributed by atoms with Gasteiger partial charge in [0, 0.05) is 27.7 Å². The van der Waals surface area contributed by atoms with E-state index in [4.69, 9.17) is 9.15 Å². The van der Waals surface area contributed by atoms with Crippen LogP contribution in [0.5, 0.6) is 5.75 Å². The lowest BCUT2D eigenvalue weighted by Crippen LogP contribution is -2.20. The van der Waals surface area contributed by atoms with Crippen LogP contribution in [0.1, 0.15) is 18.1 Å². The molecule has 0 saturated heterocycles. The summed E-state index contributed by atoms with van der Waals surface area (Å²) < 4.78 is 11.7. The Bertz CT molecular complexity index is 1030. The van der Waals surface area contributed by atoms with Crippen molar-refractivity contribution in [3.8, 4) is 5.75 Å². The molecule has 3 aromatic rings. The Balaban J connectivity index is 1.68. The van der Waals surface area contributed by atoms with Gasteiger partial charge in [-0.25, -0.2) is 4.79 Å². The Morgan fingerprint density at radius 3 is 2.77 bits per heavy atom. The first-order valence-electron chi connectivity index (χ1n) is 8.22. The van der Waals surface area contributed by atoms with Crippen LogP contribution in [-0.4, -0.2) is 12.5 Å². The van der Waals surface area contributed by atoms with Crippen molar-refractivity contribution in [2.24, 2.45) is 0 Å². The molecule has 0 unspecified atom stereocenters. The van der Waals surface area contributed by atoms with E-state index in [1.807, 2.05) is 31.2 Å². The molecule has 0 aliphatic rings. The fraction of sp³-hybridized carbons (Fsp3) is 0.200. The smallest absolute Gasteiger partial charge is 0.336 e. The fourth-order valence-electron chi connectivity index (χ4n) is 2.66. The van der Waals surface area contributed by atoms with Gasteiger partial charge in [-0.3, -0.25) is 4.79 Å². The van der Waals surface area contributed by atoms with Gasteiger partial charge < -0.3 is 14.5 Å². The van der Waals surface area contributed by atoms with Gasteiger partial charge in [0.2, 0.25) is 0 Å². The monoisotopic (exact) mass is 415 g/mol. The maximum Gasteiger partial charge on any atom is 0.336 e. The molecule has 5 nitrogen and oxygen atoms in total. The maximum atomic E-state index is 12.1. The largest absolute Gasteiger partial charge is 0.484 e. The Hall–Kier alpha value is -2.60. The van der Waals surface area contributed by atoms with E-state index in [9.17, 15) is 9.59 Å². The van der Waals surface area contributed by atoms with Crippen molar-refractivity contribution in [2.45, 2.75) is 20.3 Å². The van der Waals surface area contributed by atoms with Crippen LogP contribution < -0.4 is 15.7 Å². The zero-order chi connectivity index (χ0) is 18.7. The molecule has 0 aliphatic carbocycles. The van der Waals surface area contributed by atoms with Crippen LogP contribution >= 0.6 is 15.9 Å². The Labute approximate surface area is 159 Å². The molecule has 0 saturated carbocycles. The number of fused-ring (bicyclic) bond motifs is 1. The highest BCUT2D eigenvalue weighted by molar-refractivity contribution is 9.10. The van der Waals surface area contributed by atoms with E-state index in [-0.39, 0.29) is 12.5 Å². The second kappa shape index (κ2) is 7.74. The van der Waals surface area contributed by atoms with Crippen molar-refractivity contribution in [1.29, 1.82) is 0 Å². The summed E-state index contributed by atoms with van der Waals surface area (Å²) in [4.78, 5) is 23.6. The molecule has 0 bridgehead atoms. The second-order valence-electron chi connectivity index (χ2n) is 5.90. The molecule has 0 fully saturated rings. The van der Waals surface area contributed by atoms with Gasteiger partial charge in [-0.2, -0.15) is 0 Å². The summed E-state index contributed by atoms with van der Waals surface area (Å²) in [5.41, 5.74) is 2.70. The number of hydrogen-bond donors (Lipinski definition) is 1. The van der Waals surface area contributed by atoms with Crippen molar-refractivity contribution in [1.82, 2.24) is 0 Å².